The molecule has 3 atom stereocenters. The van der Waals surface area contributed by atoms with E-state index in [1.54, 1.807) is 11.3 Å². The van der Waals surface area contributed by atoms with Crippen molar-refractivity contribution in [2.45, 2.75) is 31.9 Å². The van der Waals surface area contributed by atoms with E-state index in [1.165, 1.54) is 4.88 Å². The summed E-state index contributed by atoms with van der Waals surface area (Å²) in [6.45, 7) is 3.07. The van der Waals surface area contributed by atoms with Crippen LogP contribution in [0.5, 0.6) is 0 Å². The number of nitrogens with one attached hydrogen (secondary N) is 1. The molecule has 1 aliphatic heterocycles. The standard InChI is InChI=1S/C12H18ClNOS/c1-3-10-8(4-6-15-10)11(14-2)12-9(13)5-7-16-12/h5,7-8,10-11,14H,3-4,6H2,1-2H3. The lowest BCUT2D eigenvalue weighted by molar-refractivity contribution is 0.0786. The average Bonchev–Trinajstić information content (AvgIpc) is 2.90. The highest BCUT2D eigenvalue weighted by Crippen LogP contribution is 2.39. The lowest BCUT2D eigenvalue weighted by Crippen LogP contribution is -2.30. The smallest absolute Gasteiger partial charge is 0.0620 e. The van der Waals surface area contributed by atoms with Crippen LogP contribution in [0, 0.1) is 5.92 Å². The van der Waals surface area contributed by atoms with Gasteiger partial charge in [-0.05, 0) is 31.3 Å². The van der Waals surface area contributed by atoms with Gasteiger partial charge >= 0.3 is 0 Å². The van der Waals surface area contributed by atoms with Crippen LogP contribution in [0.25, 0.3) is 0 Å². The Hall–Kier alpha value is -0.0900. The molecule has 2 heterocycles. The van der Waals surface area contributed by atoms with Gasteiger partial charge in [0.25, 0.3) is 0 Å². The van der Waals surface area contributed by atoms with Crippen LogP contribution in [0.2, 0.25) is 5.02 Å². The Morgan fingerprint density at radius 2 is 2.50 bits per heavy atom. The molecule has 0 aromatic carbocycles. The molecular weight excluding hydrogens is 242 g/mol. The zero-order chi connectivity index (χ0) is 11.5. The summed E-state index contributed by atoms with van der Waals surface area (Å²) in [5.41, 5.74) is 0. The number of halogens is 1. The third kappa shape index (κ3) is 2.28. The lowest BCUT2D eigenvalue weighted by atomic mass is 9.90. The lowest BCUT2D eigenvalue weighted by Gasteiger charge is -2.26. The Bertz CT molecular complexity index is 342. The molecule has 4 heteroatoms. The van der Waals surface area contributed by atoms with Gasteiger partial charge in [0.15, 0.2) is 0 Å². The van der Waals surface area contributed by atoms with Crippen LogP contribution < -0.4 is 5.32 Å². The third-order valence-corrected chi connectivity index (χ3v) is 4.77. The van der Waals surface area contributed by atoms with Crippen LogP contribution in [0.3, 0.4) is 0 Å². The second-order valence-corrected chi connectivity index (χ2v) is 5.52. The molecule has 0 spiro atoms. The van der Waals surface area contributed by atoms with Gasteiger partial charge < -0.3 is 10.1 Å². The Morgan fingerprint density at radius 3 is 3.06 bits per heavy atom. The van der Waals surface area contributed by atoms with Crippen molar-refractivity contribution in [3.63, 3.8) is 0 Å². The minimum atomic E-state index is 0.333. The van der Waals surface area contributed by atoms with Crippen LogP contribution in [0.4, 0.5) is 0 Å². The Morgan fingerprint density at radius 1 is 1.69 bits per heavy atom. The summed E-state index contributed by atoms with van der Waals surface area (Å²) < 4.78 is 5.76. The number of hydrogen-bond acceptors (Lipinski definition) is 3. The van der Waals surface area contributed by atoms with E-state index in [1.807, 2.05) is 13.1 Å². The van der Waals surface area contributed by atoms with Crippen molar-refractivity contribution < 1.29 is 4.74 Å². The van der Waals surface area contributed by atoms with Crippen molar-refractivity contribution in [3.8, 4) is 0 Å². The molecule has 1 N–H and O–H groups in total. The number of thiophene rings is 1. The quantitative estimate of drug-likeness (QED) is 0.894. The van der Waals surface area contributed by atoms with Crippen molar-refractivity contribution in [2.24, 2.45) is 5.92 Å². The number of ether oxygens (including phenoxy) is 1. The van der Waals surface area contributed by atoms with Crippen molar-refractivity contribution >= 4 is 22.9 Å². The predicted molar refractivity (Wildman–Crippen MR) is 69.3 cm³/mol. The van der Waals surface area contributed by atoms with Crippen LogP contribution in [0.15, 0.2) is 11.4 Å². The molecule has 0 aliphatic carbocycles. The second-order valence-electron chi connectivity index (χ2n) is 4.17. The summed E-state index contributed by atoms with van der Waals surface area (Å²) in [4.78, 5) is 1.25. The summed E-state index contributed by atoms with van der Waals surface area (Å²) in [7, 11) is 2.01. The summed E-state index contributed by atoms with van der Waals surface area (Å²) in [5, 5.41) is 6.33. The van der Waals surface area contributed by atoms with Gasteiger partial charge in [0.2, 0.25) is 0 Å². The topological polar surface area (TPSA) is 21.3 Å². The fraction of sp³-hybridized carbons (Fsp3) is 0.667. The maximum absolute atomic E-state index is 6.21. The van der Waals surface area contributed by atoms with Gasteiger partial charge in [-0.25, -0.2) is 0 Å². The Kier molecular flexibility index (Phi) is 4.25. The van der Waals surface area contributed by atoms with E-state index in [9.17, 15) is 0 Å². The van der Waals surface area contributed by atoms with Gasteiger partial charge in [0.05, 0.1) is 11.1 Å². The first kappa shape index (κ1) is 12.4. The van der Waals surface area contributed by atoms with E-state index in [-0.39, 0.29) is 0 Å². The first-order valence-electron chi connectivity index (χ1n) is 5.79. The van der Waals surface area contributed by atoms with E-state index in [2.05, 4.69) is 17.6 Å². The number of hydrogen-bond donors (Lipinski definition) is 1. The highest BCUT2D eigenvalue weighted by Gasteiger charge is 2.35. The first-order chi connectivity index (χ1) is 7.77. The van der Waals surface area contributed by atoms with Crippen molar-refractivity contribution in [3.05, 3.63) is 21.3 Å². The fourth-order valence-electron chi connectivity index (χ4n) is 2.53. The molecule has 1 aliphatic rings. The largest absolute Gasteiger partial charge is 0.378 e. The first-order valence-corrected chi connectivity index (χ1v) is 7.05. The summed E-state index contributed by atoms with van der Waals surface area (Å²) >= 11 is 7.94. The molecule has 1 fully saturated rings. The predicted octanol–water partition coefficient (Wildman–Crippen LogP) is 3.48. The molecule has 2 rings (SSSR count). The molecule has 0 amide bonds. The van der Waals surface area contributed by atoms with Crippen molar-refractivity contribution in [2.75, 3.05) is 13.7 Å². The van der Waals surface area contributed by atoms with Crippen LogP contribution in [-0.4, -0.2) is 19.8 Å². The van der Waals surface area contributed by atoms with E-state index in [4.69, 9.17) is 16.3 Å². The maximum Gasteiger partial charge on any atom is 0.0620 e. The monoisotopic (exact) mass is 259 g/mol. The number of rotatable bonds is 4. The van der Waals surface area contributed by atoms with E-state index in [0.717, 1.165) is 24.5 Å². The van der Waals surface area contributed by atoms with E-state index in [0.29, 0.717) is 18.1 Å². The summed E-state index contributed by atoms with van der Waals surface area (Å²) in [5.74, 6) is 0.547. The van der Waals surface area contributed by atoms with Crippen molar-refractivity contribution in [1.82, 2.24) is 5.32 Å². The highest BCUT2D eigenvalue weighted by atomic mass is 35.5. The Labute approximate surface area is 106 Å². The summed E-state index contributed by atoms with van der Waals surface area (Å²) in [6.07, 6.45) is 2.57. The van der Waals surface area contributed by atoms with Crippen LogP contribution in [0.1, 0.15) is 30.7 Å². The Balaban J connectivity index is 2.19. The molecule has 1 aromatic heterocycles. The van der Waals surface area contributed by atoms with Crippen LogP contribution >= 0.6 is 22.9 Å². The van der Waals surface area contributed by atoms with Gasteiger partial charge in [0, 0.05) is 23.4 Å². The second kappa shape index (κ2) is 5.50. The SMILES string of the molecule is CCC1OCCC1C(NC)c1sccc1Cl. The molecule has 16 heavy (non-hydrogen) atoms. The van der Waals surface area contributed by atoms with Gasteiger partial charge in [-0.2, -0.15) is 0 Å². The van der Waals surface area contributed by atoms with Gasteiger partial charge in [-0.1, -0.05) is 18.5 Å². The normalized spacial score (nSPS) is 27.2. The minimum Gasteiger partial charge on any atom is -0.378 e. The van der Waals surface area contributed by atoms with E-state index < -0.39 is 0 Å². The molecule has 1 aromatic rings. The van der Waals surface area contributed by atoms with Crippen LogP contribution in [-0.2, 0) is 4.74 Å². The third-order valence-electron chi connectivity index (χ3n) is 3.33. The molecule has 2 nitrogen and oxygen atoms in total. The van der Waals surface area contributed by atoms with Gasteiger partial charge in [-0.3, -0.25) is 0 Å². The van der Waals surface area contributed by atoms with Gasteiger partial charge in [0.1, 0.15) is 0 Å². The minimum absolute atomic E-state index is 0.333. The maximum atomic E-state index is 6.21. The van der Waals surface area contributed by atoms with Crippen molar-refractivity contribution in [1.29, 1.82) is 0 Å². The zero-order valence-corrected chi connectivity index (χ0v) is 11.3. The summed E-state index contributed by atoms with van der Waals surface area (Å²) in [6, 6.07) is 2.31. The molecule has 0 radical (unpaired) electrons. The van der Waals surface area contributed by atoms with Gasteiger partial charge in [-0.15, -0.1) is 11.3 Å². The zero-order valence-electron chi connectivity index (χ0n) is 9.70. The molecular formula is C12H18ClNOS. The average molecular weight is 260 g/mol. The van der Waals surface area contributed by atoms with E-state index >= 15 is 0 Å². The fourth-order valence-corrected chi connectivity index (χ4v) is 3.89. The molecule has 90 valence electrons. The molecule has 0 saturated carbocycles. The highest BCUT2D eigenvalue weighted by molar-refractivity contribution is 7.10. The molecule has 0 bridgehead atoms. The molecule has 3 unspecified atom stereocenters. The molecule has 1 saturated heterocycles.